The van der Waals surface area contributed by atoms with Gasteiger partial charge in [-0.3, -0.25) is 14.5 Å². The number of aromatic nitrogens is 2. The van der Waals surface area contributed by atoms with E-state index in [1.54, 1.807) is 19.1 Å². The highest BCUT2D eigenvalue weighted by Gasteiger charge is 2.17. The predicted octanol–water partition coefficient (Wildman–Crippen LogP) is 1.30. The number of hydrogen-bond acceptors (Lipinski definition) is 6. The number of hydrogen-bond donors (Lipinski definition) is 2. The third-order valence-electron chi connectivity index (χ3n) is 4.48. The lowest BCUT2D eigenvalue weighted by Crippen LogP contribution is -2.49. The molecule has 0 radical (unpaired) electrons. The molecule has 1 aromatic heterocycles. The molecule has 1 aromatic carbocycles. The first-order valence-corrected chi connectivity index (χ1v) is 9.04. The summed E-state index contributed by atoms with van der Waals surface area (Å²) >= 11 is 0. The smallest absolute Gasteiger partial charge is 0.276 e. The molecule has 2 aromatic rings. The van der Waals surface area contributed by atoms with Crippen LogP contribution in [0.3, 0.4) is 0 Å². The molecule has 1 fully saturated rings. The number of carbonyl (C=O) groups excluding carboxylic acids is 2. The molecular formula is C19H24N6O2. The first-order valence-electron chi connectivity index (χ1n) is 9.04. The Hall–Kier alpha value is -3.00. The van der Waals surface area contributed by atoms with Gasteiger partial charge in [-0.1, -0.05) is 18.2 Å². The van der Waals surface area contributed by atoms with Crippen molar-refractivity contribution >= 4 is 23.3 Å². The van der Waals surface area contributed by atoms with Crippen molar-refractivity contribution in [1.82, 2.24) is 20.0 Å². The minimum absolute atomic E-state index is 0.138. The molecule has 0 bridgehead atoms. The molecule has 0 saturated carbocycles. The number of nitrogens with zero attached hydrogens (tertiary/aromatic N) is 4. The molecule has 1 aliphatic heterocycles. The minimum Gasteiger partial charge on any atom is -0.367 e. The molecule has 2 N–H and O–H groups in total. The molecule has 0 aliphatic carbocycles. The van der Waals surface area contributed by atoms with E-state index in [2.05, 4.69) is 25.7 Å². The SMILES string of the molecule is CC(=O)N1CCN(CCNc2ccc(C(=O)Nc3ccccc3)nn2)CC1. The summed E-state index contributed by atoms with van der Waals surface area (Å²) in [6.07, 6.45) is 0. The second-order valence-electron chi connectivity index (χ2n) is 6.40. The van der Waals surface area contributed by atoms with Gasteiger partial charge in [0.25, 0.3) is 5.91 Å². The van der Waals surface area contributed by atoms with Crippen LogP contribution in [0.4, 0.5) is 11.5 Å². The molecule has 2 amide bonds. The van der Waals surface area contributed by atoms with Crippen molar-refractivity contribution in [3.05, 3.63) is 48.2 Å². The third-order valence-corrected chi connectivity index (χ3v) is 4.48. The summed E-state index contributed by atoms with van der Waals surface area (Å²) in [5, 5.41) is 14.0. The Balaban J connectivity index is 1.42. The second kappa shape index (κ2) is 9.09. The lowest BCUT2D eigenvalue weighted by Gasteiger charge is -2.34. The Bertz CT molecular complexity index is 758. The minimum atomic E-state index is -0.288. The van der Waals surface area contributed by atoms with Gasteiger partial charge in [-0.05, 0) is 24.3 Å². The molecule has 1 saturated heterocycles. The van der Waals surface area contributed by atoms with Gasteiger partial charge in [0.15, 0.2) is 5.69 Å². The molecule has 0 atom stereocenters. The monoisotopic (exact) mass is 368 g/mol. The van der Waals surface area contributed by atoms with E-state index in [0.29, 0.717) is 5.82 Å². The van der Waals surface area contributed by atoms with Crippen LogP contribution in [0, 0.1) is 0 Å². The van der Waals surface area contributed by atoms with E-state index in [4.69, 9.17) is 0 Å². The van der Waals surface area contributed by atoms with Gasteiger partial charge >= 0.3 is 0 Å². The van der Waals surface area contributed by atoms with Crippen LogP contribution in [0.15, 0.2) is 42.5 Å². The van der Waals surface area contributed by atoms with Crippen LogP contribution in [-0.4, -0.2) is 71.1 Å². The predicted molar refractivity (Wildman–Crippen MR) is 104 cm³/mol. The second-order valence-corrected chi connectivity index (χ2v) is 6.40. The number of carbonyl (C=O) groups is 2. The van der Waals surface area contributed by atoms with E-state index in [0.717, 1.165) is 45.0 Å². The third kappa shape index (κ3) is 5.49. The largest absolute Gasteiger partial charge is 0.367 e. The molecule has 3 rings (SSSR count). The summed E-state index contributed by atoms with van der Waals surface area (Å²) in [5.74, 6) is 0.483. The Morgan fingerprint density at radius 3 is 2.37 bits per heavy atom. The lowest BCUT2D eigenvalue weighted by atomic mass is 10.3. The molecule has 142 valence electrons. The van der Waals surface area contributed by atoms with Crippen molar-refractivity contribution in [1.29, 1.82) is 0 Å². The van der Waals surface area contributed by atoms with Crippen LogP contribution in [0.1, 0.15) is 17.4 Å². The van der Waals surface area contributed by atoms with Gasteiger partial charge in [-0.25, -0.2) is 0 Å². The zero-order valence-corrected chi connectivity index (χ0v) is 15.4. The van der Waals surface area contributed by atoms with E-state index in [1.165, 1.54) is 0 Å². The summed E-state index contributed by atoms with van der Waals surface area (Å²) in [5.41, 5.74) is 0.987. The van der Waals surface area contributed by atoms with E-state index < -0.39 is 0 Å². The van der Waals surface area contributed by atoms with Crippen LogP contribution in [0.2, 0.25) is 0 Å². The van der Waals surface area contributed by atoms with E-state index >= 15 is 0 Å². The van der Waals surface area contributed by atoms with Crippen LogP contribution >= 0.6 is 0 Å². The summed E-state index contributed by atoms with van der Waals surface area (Å²) in [7, 11) is 0. The zero-order valence-electron chi connectivity index (χ0n) is 15.4. The molecule has 8 nitrogen and oxygen atoms in total. The van der Waals surface area contributed by atoms with E-state index in [1.807, 2.05) is 35.2 Å². The fourth-order valence-corrected chi connectivity index (χ4v) is 2.89. The maximum atomic E-state index is 12.2. The molecule has 0 unspecified atom stereocenters. The van der Waals surface area contributed by atoms with Gasteiger partial charge in [0.2, 0.25) is 5.91 Å². The maximum Gasteiger partial charge on any atom is 0.276 e. The highest BCUT2D eigenvalue weighted by Crippen LogP contribution is 2.08. The Kier molecular flexibility index (Phi) is 6.32. The summed E-state index contributed by atoms with van der Waals surface area (Å²) in [4.78, 5) is 27.7. The highest BCUT2D eigenvalue weighted by molar-refractivity contribution is 6.02. The summed E-state index contributed by atoms with van der Waals surface area (Å²) in [6, 6.07) is 12.6. The average molecular weight is 368 g/mol. The van der Waals surface area contributed by atoms with Crippen molar-refractivity contribution in [2.75, 3.05) is 49.9 Å². The van der Waals surface area contributed by atoms with E-state index in [-0.39, 0.29) is 17.5 Å². The first kappa shape index (κ1) is 18.8. The van der Waals surface area contributed by atoms with Crippen LogP contribution in [0.5, 0.6) is 0 Å². The van der Waals surface area contributed by atoms with Crippen LogP contribution < -0.4 is 10.6 Å². The topological polar surface area (TPSA) is 90.5 Å². The number of benzene rings is 1. The van der Waals surface area contributed by atoms with Gasteiger partial charge < -0.3 is 15.5 Å². The van der Waals surface area contributed by atoms with Crippen LogP contribution in [-0.2, 0) is 4.79 Å². The first-order chi connectivity index (χ1) is 13.1. The standard InChI is InChI=1S/C19H24N6O2/c1-15(26)25-13-11-24(12-14-25)10-9-20-18-8-7-17(22-23-18)19(27)21-16-5-3-2-4-6-16/h2-8H,9-14H2,1H3,(H,20,23)(H,21,27). The van der Waals surface area contributed by atoms with Crippen molar-refractivity contribution < 1.29 is 9.59 Å². The number of nitrogens with one attached hydrogen (secondary N) is 2. The van der Waals surface area contributed by atoms with Gasteiger partial charge in [-0.2, -0.15) is 0 Å². The fourth-order valence-electron chi connectivity index (χ4n) is 2.89. The van der Waals surface area contributed by atoms with E-state index in [9.17, 15) is 9.59 Å². The molecule has 8 heteroatoms. The maximum absolute atomic E-state index is 12.2. The number of rotatable bonds is 6. The summed E-state index contributed by atoms with van der Waals surface area (Å²) < 4.78 is 0. The molecule has 0 spiro atoms. The summed E-state index contributed by atoms with van der Waals surface area (Å²) in [6.45, 7) is 6.52. The quantitative estimate of drug-likeness (QED) is 0.799. The van der Waals surface area contributed by atoms with Gasteiger partial charge in [0.1, 0.15) is 5.82 Å². The number of para-hydroxylation sites is 1. The molecular weight excluding hydrogens is 344 g/mol. The van der Waals surface area contributed by atoms with Crippen molar-refractivity contribution in [2.45, 2.75) is 6.92 Å². The van der Waals surface area contributed by atoms with Crippen LogP contribution in [0.25, 0.3) is 0 Å². The van der Waals surface area contributed by atoms with Gasteiger partial charge in [0.05, 0.1) is 0 Å². The fraction of sp³-hybridized carbons (Fsp3) is 0.368. The van der Waals surface area contributed by atoms with Crippen molar-refractivity contribution in [3.8, 4) is 0 Å². The molecule has 27 heavy (non-hydrogen) atoms. The van der Waals surface area contributed by atoms with Gasteiger partial charge in [0, 0.05) is 51.9 Å². The molecule has 1 aliphatic rings. The lowest BCUT2D eigenvalue weighted by molar-refractivity contribution is -0.130. The van der Waals surface area contributed by atoms with Crippen molar-refractivity contribution in [3.63, 3.8) is 0 Å². The number of piperazine rings is 1. The van der Waals surface area contributed by atoms with Crippen molar-refractivity contribution in [2.24, 2.45) is 0 Å². The molecule has 2 heterocycles. The number of amides is 2. The normalized spacial score (nSPS) is 14.6. The zero-order chi connectivity index (χ0) is 19.1. The Labute approximate surface area is 158 Å². The Morgan fingerprint density at radius 1 is 1.00 bits per heavy atom. The highest BCUT2D eigenvalue weighted by atomic mass is 16.2. The Morgan fingerprint density at radius 2 is 1.74 bits per heavy atom. The van der Waals surface area contributed by atoms with Gasteiger partial charge in [-0.15, -0.1) is 10.2 Å². The average Bonchev–Trinajstić information content (AvgIpc) is 2.69. The number of anilines is 2.